The fraction of sp³-hybridized carbons (Fsp3) is 0.390. The zero-order valence-electron chi connectivity index (χ0n) is 30.5. The molecule has 4 aromatic rings. The Hall–Kier alpha value is -4.88. The van der Waals surface area contributed by atoms with E-state index in [0.717, 1.165) is 28.9 Å². The van der Waals surface area contributed by atoms with Crippen molar-refractivity contribution in [2.75, 3.05) is 18.9 Å². The molecule has 4 unspecified atom stereocenters. The average Bonchev–Trinajstić information content (AvgIpc) is 3.46. The van der Waals surface area contributed by atoms with Crippen LogP contribution in [0.2, 0.25) is 0 Å². The van der Waals surface area contributed by atoms with E-state index in [1.165, 1.54) is 12.1 Å². The highest BCUT2D eigenvalue weighted by atomic mass is 19.1. The summed E-state index contributed by atoms with van der Waals surface area (Å²) < 4.78 is 15.8. The first-order valence-corrected chi connectivity index (χ1v) is 17.8. The van der Waals surface area contributed by atoms with Crippen LogP contribution >= 0.6 is 0 Å². The molecule has 1 heterocycles. The Balaban J connectivity index is 0.000000832. The Bertz CT molecular complexity index is 1710. The first-order chi connectivity index (χ1) is 25.3. The van der Waals surface area contributed by atoms with Crippen molar-refractivity contribution in [2.45, 2.75) is 89.3 Å². The highest BCUT2D eigenvalue weighted by Crippen LogP contribution is 2.41. The largest absolute Gasteiger partial charge is 0.481 e. The van der Waals surface area contributed by atoms with E-state index < -0.39 is 48.5 Å². The number of rotatable bonds is 19. The van der Waals surface area contributed by atoms with Crippen LogP contribution in [0.4, 0.5) is 10.1 Å². The standard InChI is InChI=1S/C34H43FN2O8.C7H9N/c1-21(2)33-29(20-38)32(22-6-4-3-5-7-22)34(23-8-10-24(35)11-9-23)37(33)15-13-26(40)17-27(41)18-30(43)36-14-12-25(39)16-28(42)19-31(44)45;1-8-7-5-3-2-4-6-7/h3-11,20-21,25-28,39-42H,12-19H2,1-2H3,(H,36,43)(H,44,45);2-6,8H,1H3. The molecule has 0 radical (unpaired) electrons. The summed E-state index contributed by atoms with van der Waals surface area (Å²) in [7, 11) is 1.91. The van der Waals surface area contributed by atoms with Gasteiger partial charge in [-0.05, 0) is 79.1 Å². The van der Waals surface area contributed by atoms with Gasteiger partial charge in [0.25, 0.3) is 0 Å². The fourth-order valence-corrected chi connectivity index (χ4v) is 6.22. The molecule has 0 saturated heterocycles. The number of amides is 1. The first kappa shape index (κ1) is 42.5. The van der Waals surface area contributed by atoms with Crippen molar-refractivity contribution in [2.24, 2.45) is 0 Å². The van der Waals surface area contributed by atoms with Crippen LogP contribution in [0, 0.1) is 5.82 Å². The van der Waals surface area contributed by atoms with Crippen LogP contribution in [-0.2, 0) is 16.1 Å². The Morgan fingerprint density at radius 3 is 1.87 bits per heavy atom. The van der Waals surface area contributed by atoms with Gasteiger partial charge in [-0.2, -0.15) is 0 Å². The number of nitrogens with zero attached hydrogens (tertiary/aromatic N) is 1. The normalized spacial score (nSPS) is 13.3. The van der Waals surface area contributed by atoms with Crippen molar-refractivity contribution < 1.29 is 44.3 Å². The second kappa shape index (κ2) is 21.6. The summed E-state index contributed by atoms with van der Waals surface area (Å²) in [5.74, 6) is -2.12. The molecule has 0 aliphatic rings. The number of carboxylic acids is 1. The van der Waals surface area contributed by atoms with E-state index in [2.05, 4.69) is 10.6 Å². The Morgan fingerprint density at radius 1 is 0.774 bits per heavy atom. The number of halogens is 1. The fourth-order valence-electron chi connectivity index (χ4n) is 6.22. The summed E-state index contributed by atoms with van der Waals surface area (Å²) in [6, 6.07) is 25.5. The van der Waals surface area contributed by atoms with Crippen LogP contribution < -0.4 is 10.6 Å². The number of aliphatic hydroxyl groups is 4. The zero-order chi connectivity index (χ0) is 38.9. The number of carboxylic acid groups (broad SMARTS) is 1. The second-order valence-corrected chi connectivity index (χ2v) is 13.3. The van der Waals surface area contributed by atoms with E-state index in [0.29, 0.717) is 23.2 Å². The van der Waals surface area contributed by atoms with Crippen molar-refractivity contribution in [1.82, 2.24) is 9.88 Å². The third kappa shape index (κ3) is 13.6. The molecular formula is C41H52FN3O8. The molecule has 3 aromatic carbocycles. The molecular weight excluding hydrogens is 681 g/mol. The third-order valence-corrected chi connectivity index (χ3v) is 8.66. The number of carbonyl (C=O) groups excluding carboxylic acids is 2. The van der Waals surface area contributed by atoms with Gasteiger partial charge in [-0.15, -0.1) is 0 Å². The molecule has 0 aliphatic heterocycles. The van der Waals surface area contributed by atoms with Gasteiger partial charge >= 0.3 is 5.97 Å². The molecule has 0 saturated carbocycles. The first-order valence-electron chi connectivity index (χ1n) is 17.8. The summed E-state index contributed by atoms with van der Waals surface area (Å²) in [5, 5.41) is 55.2. The van der Waals surface area contributed by atoms with Crippen molar-refractivity contribution in [3.8, 4) is 22.4 Å². The zero-order valence-corrected chi connectivity index (χ0v) is 30.5. The van der Waals surface area contributed by atoms with Gasteiger partial charge < -0.3 is 40.7 Å². The van der Waals surface area contributed by atoms with Crippen LogP contribution in [0.25, 0.3) is 22.4 Å². The Morgan fingerprint density at radius 2 is 1.34 bits per heavy atom. The number of aromatic nitrogens is 1. The smallest absolute Gasteiger partial charge is 0.305 e. The van der Waals surface area contributed by atoms with Gasteiger partial charge in [0, 0.05) is 42.6 Å². The molecule has 12 heteroatoms. The third-order valence-electron chi connectivity index (χ3n) is 8.66. The van der Waals surface area contributed by atoms with Gasteiger partial charge in [-0.3, -0.25) is 14.4 Å². The highest BCUT2D eigenvalue weighted by molar-refractivity contribution is 5.97. The molecule has 0 spiro atoms. The minimum atomic E-state index is -1.19. The van der Waals surface area contributed by atoms with Crippen molar-refractivity contribution in [3.05, 3.63) is 102 Å². The number of aliphatic carboxylic acids is 1. The molecule has 1 aromatic heterocycles. The highest BCUT2D eigenvalue weighted by Gasteiger charge is 2.27. The molecule has 0 fully saturated rings. The van der Waals surface area contributed by atoms with Gasteiger partial charge in [0.05, 0.1) is 43.0 Å². The number of aldehydes is 1. The molecule has 286 valence electrons. The maximum Gasteiger partial charge on any atom is 0.305 e. The maximum absolute atomic E-state index is 13.9. The monoisotopic (exact) mass is 733 g/mol. The molecule has 53 heavy (non-hydrogen) atoms. The van der Waals surface area contributed by atoms with E-state index in [9.17, 15) is 39.2 Å². The Kier molecular flexibility index (Phi) is 17.3. The number of hydrogen-bond donors (Lipinski definition) is 7. The summed E-state index contributed by atoms with van der Waals surface area (Å²) in [6.45, 7) is 4.30. The number of benzene rings is 3. The van der Waals surface area contributed by atoms with E-state index in [1.807, 2.05) is 86.1 Å². The van der Waals surface area contributed by atoms with Gasteiger partial charge in [0.1, 0.15) is 5.82 Å². The van der Waals surface area contributed by atoms with Gasteiger partial charge in [-0.25, -0.2) is 4.39 Å². The van der Waals surface area contributed by atoms with Crippen LogP contribution in [0.1, 0.15) is 74.3 Å². The lowest BCUT2D eigenvalue weighted by molar-refractivity contribution is -0.139. The SMILES string of the molecule is CC(C)c1c(C=O)c(-c2ccccc2)c(-c2ccc(F)cc2)n1CCC(O)CC(O)CC(=O)NCCC(O)CC(O)CC(=O)O.CNc1ccccc1. The van der Waals surface area contributed by atoms with Crippen molar-refractivity contribution >= 4 is 23.9 Å². The molecule has 11 nitrogen and oxygen atoms in total. The minimum absolute atomic E-state index is 0.0627. The lowest BCUT2D eigenvalue weighted by Crippen LogP contribution is -2.32. The van der Waals surface area contributed by atoms with Crippen molar-refractivity contribution in [1.29, 1.82) is 0 Å². The molecule has 0 bridgehead atoms. The number of anilines is 1. The van der Waals surface area contributed by atoms with E-state index in [-0.39, 0.29) is 44.6 Å². The lowest BCUT2D eigenvalue weighted by Gasteiger charge is -2.20. The lowest BCUT2D eigenvalue weighted by atomic mass is 9.96. The number of nitrogens with one attached hydrogen (secondary N) is 2. The maximum atomic E-state index is 13.9. The number of para-hydroxylation sites is 1. The average molecular weight is 734 g/mol. The van der Waals surface area contributed by atoms with Crippen LogP contribution in [0.15, 0.2) is 84.9 Å². The molecule has 4 atom stereocenters. The van der Waals surface area contributed by atoms with E-state index in [1.54, 1.807) is 12.1 Å². The molecule has 4 rings (SSSR count). The number of aliphatic hydroxyl groups excluding tert-OH is 4. The predicted octanol–water partition coefficient (Wildman–Crippen LogP) is 5.61. The van der Waals surface area contributed by atoms with Gasteiger partial charge in [-0.1, -0.05) is 62.4 Å². The predicted molar refractivity (Wildman–Crippen MR) is 203 cm³/mol. The molecule has 1 amide bonds. The van der Waals surface area contributed by atoms with Crippen molar-refractivity contribution in [3.63, 3.8) is 0 Å². The van der Waals surface area contributed by atoms with Crippen LogP contribution in [-0.4, -0.2) is 86.3 Å². The van der Waals surface area contributed by atoms with E-state index >= 15 is 0 Å². The minimum Gasteiger partial charge on any atom is -0.481 e. The topological polar surface area (TPSA) is 181 Å². The number of carbonyl (C=O) groups is 3. The summed E-state index contributed by atoms with van der Waals surface area (Å²) in [4.78, 5) is 35.4. The van der Waals surface area contributed by atoms with Gasteiger partial charge in [0.15, 0.2) is 6.29 Å². The summed E-state index contributed by atoms with van der Waals surface area (Å²) >= 11 is 0. The van der Waals surface area contributed by atoms with E-state index in [4.69, 9.17) is 5.11 Å². The summed E-state index contributed by atoms with van der Waals surface area (Å²) in [5.41, 5.74) is 5.41. The quantitative estimate of drug-likeness (QED) is 0.0603. The second-order valence-electron chi connectivity index (χ2n) is 13.3. The number of hydrogen-bond acceptors (Lipinski definition) is 8. The van der Waals surface area contributed by atoms with Crippen LogP contribution in [0.5, 0.6) is 0 Å². The van der Waals surface area contributed by atoms with Gasteiger partial charge in [0.2, 0.25) is 5.91 Å². The molecule has 7 N–H and O–H groups in total. The summed E-state index contributed by atoms with van der Waals surface area (Å²) in [6.07, 6.45) is -4.15. The molecule has 0 aliphatic carbocycles. The Labute approximate surface area is 310 Å². The van der Waals surface area contributed by atoms with Crippen LogP contribution in [0.3, 0.4) is 0 Å².